The van der Waals surface area contributed by atoms with Crippen LogP contribution in [0.2, 0.25) is 5.02 Å². The van der Waals surface area contributed by atoms with Crippen LogP contribution in [0.3, 0.4) is 0 Å². The van der Waals surface area contributed by atoms with E-state index in [9.17, 15) is 4.79 Å². The van der Waals surface area contributed by atoms with Crippen LogP contribution in [0.25, 0.3) is 5.69 Å². The summed E-state index contributed by atoms with van der Waals surface area (Å²) in [4.78, 5) is 12.2. The molecule has 0 unspecified atom stereocenters. The predicted octanol–water partition coefficient (Wildman–Crippen LogP) is 4.51. The van der Waals surface area contributed by atoms with Crippen LogP contribution in [0, 0.1) is 13.8 Å². The second-order valence-corrected chi connectivity index (χ2v) is 6.19. The number of carbonyl (C=O) groups is 1. The van der Waals surface area contributed by atoms with Gasteiger partial charge in [-0.1, -0.05) is 23.7 Å². The normalized spacial score (nSPS) is 11.0. The van der Waals surface area contributed by atoms with Gasteiger partial charge in [0.05, 0.1) is 6.21 Å². The Morgan fingerprint density at radius 2 is 1.56 bits per heavy atom. The quantitative estimate of drug-likeness (QED) is 0.545. The van der Waals surface area contributed by atoms with Crippen LogP contribution in [0.5, 0.6) is 0 Å². The molecule has 3 aromatic rings. The van der Waals surface area contributed by atoms with Crippen LogP contribution in [-0.4, -0.2) is 16.7 Å². The number of halogens is 1. The lowest BCUT2D eigenvalue weighted by Gasteiger charge is -2.10. The van der Waals surface area contributed by atoms with Gasteiger partial charge < -0.3 is 4.57 Å². The van der Waals surface area contributed by atoms with Crippen molar-refractivity contribution >= 4 is 23.7 Å². The van der Waals surface area contributed by atoms with Gasteiger partial charge in [-0.2, -0.15) is 5.10 Å². The number of rotatable bonds is 4. The molecule has 5 heteroatoms. The maximum Gasteiger partial charge on any atom is 0.271 e. The van der Waals surface area contributed by atoms with E-state index in [0.29, 0.717) is 10.6 Å². The smallest absolute Gasteiger partial charge is 0.271 e. The van der Waals surface area contributed by atoms with E-state index >= 15 is 0 Å². The predicted molar refractivity (Wildman–Crippen MR) is 102 cm³/mol. The van der Waals surface area contributed by atoms with Crippen molar-refractivity contribution < 1.29 is 4.79 Å². The number of amides is 1. The molecular weight excluding hydrogens is 334 g/mol. The summed E-state index contributed by atoms with van der Waals surface area (Å²) in [7, 11) is 0. The number of carbonyl (C=O) groups excluding carboxylic acids is 1. The molecule has 0 fully saturated rings. The molecule has 1 N–H and O–H groups in total. The molecule has 0 bridgehead atoms. The van der Waals surface area contributed by atoms with Crippen molar-refractivity contribution in [2.75, 3.05) is 0 Å². The number of aryl methyl sites for hydroxylation is 2. The highest BCUT2D eigenvalue weighted by Gasteiger charge is 2.07. The standard InChI is InChI=1S/C20H18ClN3O/c1-14-3-4-15(2)24(14)19-11-7-17(8-12-19)20(25)23-22-13-16-5-9-18(21)10-6-16/h3-13H,1-2H3,(H,23,25). The molecule has 0 aliphatic heterocycles. The summed E-state index contributed by atoms with van der Waals surface area (Å²) in [5.74, 6) is -0.252. The SMILES string of the molecule is Cc1ccc(C)n1-c1ccc(C(=O)NN=Cc2ccc(Cl)cc2)cc1. The second kappa shape index (κ2) is 7.36. The molecule has 2 aromatic carbocycles. The molecule has 126 valence electrons. The van der Waals surface area contributed by atoms with Gasteiger partial charge in [-0.15, -0.1) is 0 Å². The Morgan fingerprint density at radius 1 is 0.960 bits per heavy atom. The van der Waals surface area contributed by atoms with E-state index in [1.54, 1.807) is 30.5 Å². The maximum atomic E-state index is 12.2. The van der Waals surface area contributed by atoms with Crippen molar-refractivity contribution in [3.63, 3.8) is 0 Å². The summed E-state index contributed by atoms with van der Waals surface area (Å²) in [5, 5.41) is 4.64. The molecule has 0 atom stereocenters. The van der Waals surface area contributed by atoms with Gasteiger partial charge >= 0.3 is 0 Å². The third-order valence-corrected chi connectivity index (χ3v) is 4.16. The number of nitrogens with zero attached hydrogens (tertiary/aromatic N) is 2. The van der Waals surface area contributed by atoms with Gasteiger partial charge in [-0.05, 0) is 67.9 Å². The lowest BCUT2D eigenvalue weighted by Crippen LogP contribution is -2.17. The molecule has 0 spiro atoms. The Kier molecular flexibility index (Phi) is 5.00. The third-order valence-electron chi connectivity index (χ3n) is 3.91. The number of hydrogen-bond acceptors (Lipinski definition) is 2. The molecule has 4 nitrogen and oxygen atoms in total. The number of aromatic nitrogens is 1. The summed E-state index contributed by atoms with van der Waals surface area (Å²) < 4.78 is 2.14. The summed E-state index contributed by atoms with van der Waals surface area (Å²) in [6, 6.07) is 18.8. The molecule has 3 rings (SSSR count). The average Bonchev–Trinajstić information content (AvgIpc) is 2.95. The molecule has 0 saturated carbocycles. The van der Waals surface area contributed by atoms with Crippen LogP contribution in [0.4, 0.5) is 0 Å². The zero-order valence-corrected chi connectivity index (χ0v) is 14.8. The highest BCUT2D eigenvalue weighted by molar-refractivity contribution is 6.30. The van der Waals surface area contributed by atoms with Crippen LogP contribution in [-0.2, 0) is 0 Å². The monoisotopic (exact) mass is 351 g/mol. The minimum atomic E-state index is -0.252. The molecule has 0 aliphatic rings. The number of benzene rings is 2. The first-order valence-corrected chi connectivity index (χ1v) is 8.27. The summed E-state index contributed by atoms with van der Waals surface area (Å²) in [6.07, 6.45) is 1.58. The zero-order valence-electron chi connectivity index (χ0n) is 14.0. The van der Waals surface area contributed by atoms with Crippen LogP contribution in [0.1, 0.15) is 27.3 Å². The Hall–Kier alpha value is -2.85. The Bertz CT molecular complexity index is 890. The van der Waals surface area contributed by atoms with E-state index in [4.69, 9.17) is 11.6 Å². The molecule has 0 radical (unpaired) electrons. The highest BCUT2D eigenvalue weighted by atomic mass is 35.5. The Balaban J connectivity index is 1.68. The first kappa shape index (κ1) is 17.0. The minimum absolute atomic E-state index is 0.252. The number of hydrazone groups is 1. The topological polar surface area (TPSA) is 46.4 Å². The number of hydrogen-bond donors (Lipinski definition) is 1. The Morgan fingerprint density at radius 3 is 2.16 bits per heavy atom. The molecule has 0 saturated heterocycles. The van der Waals surface area contributed by atoms with Gasteiger partial charge in [0.15, 0.2) is 0 Å². The lowest BCUT2D eigenvalue weighted by molar-refractivity contribution is 0.0955. The van der Waals surface area contributed by atoms with Crippen LogP contribution >= 0.6 is 11.6 Å². The zero-order chi connectivity index (χ0) is 17.8. The van der Waals surface area contributed by atoms with Crippen molar-refractivity contribution in [2.24, 2.45) is 5.10 Å². The summed E-state index contributed by atoms with van der Waals surface area (Å²) in [5.41, 5.74) is 7.28. The largest absolute Gasteiger partial charge is 0.319 e. The van der Waals surface area contributed by atoms with Gasteiger partial charge in [0.1, 0.15) is 0 Å². The number of nitrogens with one attached hydrogen (secondary N) is 1. The van der Waals surface area contributed by atoms with Crippen LogP contribution in [0.15, 0.2) is 65.8 Å². The fourth-order valence-corrected chi connectivity index (χ4v) is 2.74. The fraction of sp³-hybridized carbons (Fsp3) is 0.100. The molecular formula is C20H18ClN3O. The van der Waals surface area contributed by atoms with Crippen molar-refractivity contribution in [3.8, 4) is 5.69 Å². The van der Waals surface area contributed by atoms with E-state index in [1.807, 2.05) is 24.3 Å². The van der Waals surface area contributed by atoms with Gasteiger partial charge in [-0.25, -0.2) is 5.43 Å². The molecule has 0 aliphatic carbocycles. The van der Waals surface area contributed by atoms with Crippen LogP contribution < -0.4 is 5.43 Å². The van der Waals surface area contributed by atoms with E-state index < -0.39 is 0 Å². The third kappa shape index (κ3) is 3.98. The van der Waals surface area contributed by atoms with Gasteiger partial charge in [0.25, 0.3) is 5.91 Å². The van der Waals surface area contributed by atoms with E-state index in [-0.39, 0.29) is 5.91 Å². The first-order valence-electron chi connectivity index (χ1n) is 7.89. The minimum Gasteiger partial charge on any atom is -0.319 e. The molecule has 1 aromatic heterocycles. The summed E-state index contributed by atoms with van der Waals surface area (Å²) in [6.45, 7) is 4.11. The highest BCUT2D eigenvalue weighted by Crippen LogP contribution is 2.16. The van der Waals surface area contributed by atoms with E-state index in [2.05, 4.69) is 41.1 Å². The van der Waals surface area contributed by atoms with E-state index in [0.717, 1.165) is 22.6 Å². The van der Waals surface area contributed by atoms with Gasteiger partial charge in [-0.3, -0.25) is 4.79 Å². The molecule has 1 heterocycles. The first-order chi connectivity index (χ1) is 12.0. The average molecular weight is 352 g/mol. The van der Waals surface area contributed by atoms with Crippen molar-refractivity contribution in [3.05, 3.63) is 88.2 Å². The second-order valence-electron chi connectivity index (χ2n) is 5.75. The molecule has 1 amide bonds. The summed E-state index contributed by atoms with van der Waals surface area (Å²) >= 11 is 5.83. The lowest BCUT2D eigenvalue weighted by atomic mass is 10.2. The van der Waals surface area contributed by atoms with Crippen molar-refractivity contribution in [1.29, 1.82) is 0 Å². The van der Waals surface area contributed by atoms with Crippen molar-refractivity contribution in [2.45, 2.75) is 13.8 Å². The Labute approximate surface area is 151 Å². The van der Waals surface area contributed by atoms with Gasteiger partial charge in [0.2, 0.25) is 0 Å². The van der Waals surface area contributed by atoms with Gasteiger partial charge in [0, 0.05) is 27.7 Å². The fourth-order valence-electron chi connectivity index (χ4n) is 2.62. The maximum absolute atomic E-state index is 12.2. The van der Waals surface area contributed by atoms with Crippen molar-refractivity contribution in [1.82, 2.24) is 9.99 Å². The van der Waals surface area contributed by atoms with E-state index in [1.165, 1.54) is 0 Å². The molecule has 25 heavy (non-hydrogen) atoms.